The fourth-order valence-corrected chi connectivity index (χ4v) is 2.60. The Bertz CT molecular complexity index is 847. The summed E-state index contributed by atoms with van der Waals surface area (Å²) < 4.78 is 23.0. The van der Waals surface area contributed by atoms with Crippen LogP contribution >= 0.6 is 0 Å². The molecule has 0 aliphatic carbocycles. The minimum atomic E-state index is -3.99. The molecular formula is C14H13N3O4S. The van der Waals surface area contributed by atoms with Crippen molar-refractivity contribution in [2.45, 2.75) is 4.90 Å². The molecule has 8 heteroatoms. The third-order valence-electron chi connectivity index (χ3n) is 2.88. The Labute approximate surface area is 127 Å². The molecule has 0 spiro atoms. The van der Waals surface area contributed by atoms with Gasteiger partial charge >= 0.3 is 0 Å². The lowest BCUT2D eigenvalue weighted by Gasteiger charge is -2.11. The van der Waals surface area contributed by atoms with Crippen LogP contribution in [-0.4, -0.2) is 20.2 Å². The highest BCUT2D eigenvalue weighted by Crippen LogP contribution is 2.20. The Morgan fingerprint density at radius 1 is 0.909 bits per heavy atom. The van der Waals surface area contributed by atoms with E-state index in [0.717, 1.165) is 0 Å². The van der Waals surface area contributed by atoms with E-state index in [1.54, 1.807) is 18.2 Å². The summed E-state index contributed by atoms with van der Waals surface area (Å²) in [6.07, 6.45) is 0. The van der Waals surface area contributed by atoms with E-state index < -0.39 is 21.8 Å². The number of carbonyl (C=O) groups is 2. The van der Waals surface area contributed by atoms with Gasteiger partial charge in [0.25, 0.3) is 5.91 Å². The molecule has 114 valence electrons. The normalized spacial score (nSPS) is 11.0. The van der Waals surface area contributed by atoms with Crippen molar-refractivity contribution < 1.29 is 18.0 Å². The molecule has 22 heavy (non-hydrogen) atoms. The SMILES string of the molecule is NC(=O)c1ccccc1C(=O)Nc1ccccc1S(N)(=O)=O. The first-order chi connectivity index (χ1) is 10.3. The number of para-hydroxylation sites is 1. The van der Waals surface area contributed by atoms with Crippen molar-refractivity contribution in [2.75, 3.05) is 5.32 Å². The highest BCUT2D eigenvalue weighted by atomic mass is 32.2. The number of anilines is 1. The maximum absolute atomic E-state index is 12.3. The summed E-state index contributed by atoms with van der Waals surface area (Å²) in [7, 11) is -3.99. The highest BCUT2D eigenvalue weighted by molar-refractivity contribution is 7.89. The molecule has 0 unspecified atom stereocenters. The molecule has 0 bridgehead atoms. The number of hydrogen-bond donors (Lipinski definition) is 3. The molecule has 0 fully saturated rings. The van der Waals surface area contributed by atoms with Crippen LogP contribution in [0.5, 0.6) is 0 Å². The smallest absolute Gasteiger partial charge is 0.256 e. The first-order valence-corrected chi connectivity index (χ1v) is 7.67. The maximum atomic E-state index is 12.3. The van der Waals surface area contributed by atoms with Crippen molar-refractivity contribution >= 4 is 27.5 Å². The average Bonchev–Trinajstić information content (AvgIpc) is 2.46. The molecule has 2 rings (SSSR count). The van der Waals surface area contributed by atoms with Gasteiger partial charge in [-0.2, -0.15) is 0 Å². The standard InChI is InChI=1S/C14H13N3O4S/c15-13(18)9-5-1-2-6-10(9)14(19)17-11-7-3-4-8-12(11)22(16,20)21/h1-8H,(H2,15,18)(H,17,19)(H2,16,20,21). The van der Waals surface area contributed by atoms with Crippen LogP contribution in [0.25, 0.3) is 0 Å². The molecule has 0 aromatic heterocycles. The van der Waals surface area contributed by atoms with Crippen molar-refractivity contribution in [3.8, 4) is 0 Å². The Morgan fingerprint density at radius 2 is 1.45 bits per heavy atom. The van der Waals surface area contributed by atoms with Crippen LogP contribution in [0.4, 0.5) is 5.69 Å². The summed E-state index contributed by atoms with van der Waals surface area (Å²) >= 11 is 0. The second-order valence-corrected chi connectivity index (χ2v) is 5.93. The van der Waals surface area contributed by atoms with E-state index in [2.05, 4.69) is 5.32 Å². The molecule has 2 amide bonds. The molecule has 0 aliphatic rings. The number of amides is 2. The number of nitrogens with one attached hydrogen (secondary N) is 1. The minimum Gasteiger partial charge on any atom is -0.366 e. The van der Waals surface area contributed by atoms with E-state index in [1.165, 1.54) is 30.3 Å². The molecule has 0 aliphatic heterocycles. The minimum absolute atomic E-state index is 0.0225. The molecule has 5 N–H and O–H groups in total. The number of nitrogens with two attached hydrogens (primary N) is 2. The Balaban J connectivity index is 2.42. The number of sulfonamides is 1. The van der Waals surface area contributed by atoms with Gasteiger partial charge in [0.2, 0.25) is 15.9 Å². The van der Waals surface area contributed by atoms with Gasteiger partial charge in [-0.3, -0.25) is 9.59 Å². The zero-order chi connectivity index (χ0) is 16.3. The molecule has 0 radical (unpaired) electrons. The molecule has 0 saturated heterocycles. The predicted octanol–water partition coefficient (Wildman–Crippen LogP) is 0.685. The van der Waals surface area contributed by atoms with Crippen LogP contribution in [0.3, 0.4) is 0 Å². The number of hydrogen-bond acceptors (Lipinski definition) is 4. The molecular weight excluding hydrogens is 306 g/mol. The van der Waals surface area contributed by atoms with E-state index >= 15 is 0 Å². The number of rotatable bonds is 4. The Kier molecular flexibility index (Phi) is 4.25. The van der Waals surface area contributed by atoms with Gasteiger partial charge in [-0.05, 0) is 24.3 Å². The first-order valence-electron chi connectivity index (χ1n) is 6.12. The van der Waals surface area contributed by atoms with Crippen LogP contribution in [0.2, 0.25) is 0 Å². The quantitative estimate of drug-likeness (QED) is 0.764. The molecule has 7 nitrogen and oxygen atoms in total. The van der Waals surface area contributed by atoms with Crippen LogP contribution in [0, 0.1) is 0 Å². The molecule has 2 aromatic rings. The third kappa shape index (κ3) is 3.30. The molecule has 0 atom stereocenters. The average molecular weight is 319 g/mol. The van der Waals surface area contributed by atoms with Crippen LogP contribution < -0.4 is 16.2 Å². The van der Waals surface area contributed by atoms with Gasteiger partial charge in [-0.1, -0.05) is 24.3 Å². The lowest BCUT2D eigenvalue weighted by atomic mass is 10.1. The predicted molar refractivity (Wildman–Crippen MR) is 80.7 cm³/mol. The van der Waals surface area contributed by atoms with Crippen LogP contribution in [-0.2, 0) is 10.0 Å². The summed E-state index contributed by atoms with van der Waals surface area (Å²) in [5, 5.41) is 7.52. The Morgan fingerprint density at radius 3 is 2.05 bits per heavy atom. The second kappa shape index (κ2) is 5.96. The van der Waals surface area contributed by atoms with Crippen molar-refractivity contribution in [1.29, 1.82) is 0 Å². The summed E-state index contributed by atoms with van der Waals surface area (Å²) in [4.78, 5) is 23.4. The van der Waals surface area contributed by atoms with E-state index in [0.29, 0.717) is 0 Å². The van der Waals surface area contributed by atoms with E-state index in [4.69, 9.17) is 10.9 Å². The zero-order valence-electron chi connectivity index (χ0n) is 11.3. The monoisotopic (exact) mass is 319 g/mol. The zero-order valence-corrected chi connectivity index (χ0v) is 12.1. The van der Waals surface area contributed by atoms with Gasteiger partial charge in [0, 0.05) is 0 Å². The van der Waals surface area contributed by atoms with Crippen molar-refractivity contribution in [3.05, 3.63) is 59.7 Å². The maximum Gasteiger partial charge on any atom is 0.256 e. The summed E-state index contributed by atoms with van der Waals surface area (Å²) in [5.74, 6) is -1.42. The third-order valence-corrected chi connectivity index (χ3v) is 3.85. The van der Waals surface area contributed by atoms with E-state index in [-0.39, 0.29) is 21.7 Å². The molecule has 0 saturated carbocycles. The number of primary sulfonamides is 1. The van der Waals surface area contributed by atoms with E-state index in [1.807, 2.05) is 0 Å². The molecule has 0 heterocycles. The summed E-state index contributed by atoms with van der Waals surface area (Å²) in [6, 6.07) is 11.6. The van der Waals surface area contributed by atoms with Gasteiger partial charge in [-0.25, -0.2) is 13.6 Å². The van der Waals surface area contributed by atoms with Gasteiger partial charge in [0.1, 0.15) is 4.90 Å². The van der Waals surface area contributed by atoms with Gasteiger partial charge in [0.05, 0.1) is 16.8 Å². The fourth-order valence-electron chi connectivity index (χ4n) is 1.90. The van der Waals surface area contributed by atoms with Crippen LogP contribution in [0.1, 0.15) is 20.7 Å². The van der Waals surface area contributed by atoms with Gasteiger partial charge in [-0.15, -0.1) is 0 Å². The van der Waals surface area contributed by atoms with Crippen molar-refractivity contribution in [3.63, 3.8) is 0 Å². The van der Waals surface area contributed by atoms with E-state index in [9.17, 15) is 18.0 Å². The summed E-state index contributed by atoms with van der Waals surface area (Å²) in [5.41, 5.74) is 5.31. The lowest BCUT2D eigenvalue weighted by Crippen LogP contribution is -2.22. The first kappa shape index (κ1) is 15.7. The number of benzene rings is 2. The largest absolute Gasteiger partial charge is 0.366 e. The lowest BCUT2D eigenvalue weighted by molar-refractivity contribution is 0.0977. The fraction of sp³-hybridized carbons (Fsp3) is 0. The van der Waals surface area contributed by atoms with Crippen molar-refractivity contribution in [1.82, 2.24) is 0 Å². The molecule has 2 aromatic carbocycles. The number of carbonyl (C=O) groups excluding carboxylic acids is 2. The highest BCUT2D eigenvalue weighted by Gasteiger charge is 2.18. The van der Waals surface area contributed by atoms with Crippen molar-refractivity contribution in [2.24, 2.45) is 10.9 Å². The number of primary amides is 1. The second-order valence-electron chi connectivity index (χ2n) is 4.41. The van der Waals surface area contributed by atoms with Gasteiger partial charge in [0.15, 0.2) is 0 Å². The summed E-state index contributed by atoms with van der Waals surface area (Å²) in [6.45, 7) is 0. The van der Waals surface area contributed by atoms with Gasteiger partial charge < -0.3 is 11.1 Å². The topological polar surface area (TPSA) is 132 Å². The van der Waals surface area contributed by atoms with Crippen LogP contribution in [0.15, 0.2) is 53.4 Å². The Hall–Kier alpha value is -2.71.